The first kappa shape index (κ1) is 14.8. The maximum Gasteiger partial charge on any atom is 0.269 e. The Labute approximate surface area is 121 Å². The molecule has 1 amide bonds. The van der Waals surface area contributed by atoms with Gasteiger partial charge in [-0.3, -0.25) is 14.3 Å². The molecule has 2 aromatic rings. The second-order valence-electron chi connectivity index (χ2n) is 4.56. The van der Waals surface area contributed by atoms with Gasteiger partial charge < -0.3 is 16.0 Å². The van der Waals surface area contributed by atoms with Gasteiger partial charge in [0.15, 0.2) is 0 Å². The topological polar surface area (TPSA) is 119 Å². The number of aromatic amines is 1. The van der Waals surface area contributed by atoms with Crippen molar-refractivity contribution >= 4 is 11.7 Å². The highest BCUT2D eigenvalue weighted by atomic mass is 16.2. The van der Waals surface area contributed by atoms with Crippen LogP contribution in [0.25, 0.3) is 0 Å². The van der Waals surface area contributed by atoms with Crippen LogP contribution in [0.1, 0.15) is 29.7 Å². The quantitative estimate of drug-likeness (QED) is 0.688. The molecular formula is C13H18N6O2. The molecule has 112 valence electrons. The summed E-state index contributed by atoms with van der Waals surface area (Å²) >= 11 is 0. The molecule has 0 bridgehead atoms. The van der Waals surface area contributed by atoms with Gasteiger partial charge in [0.1, 0.15) is 17.3 Å². The van der Waals surface area contributed by atoms with E-state index in [9.17, 15) is 9.59 Å². The van der Waals surface area contributed by atoms with Crippen LogP contribution in [0.3, 0.4) is 0 Å². The van der Waals surface area contributed by atoms with Gasteiger partial charge in [-0.15, -0.1) is 0 Å². The fraction of sp³-hybridized carbons (Fsp3) is 0.385. The van der Waals surface area contributed by atoms with E-state index in [4.69, 9.17) is 5.73 Å². The van der Waals surface area contributed by atoms with Crippen molar-refractivity contribution in [3.8, 4) is 0 Å². The van der Waals surface area contributed by atoms with Crippen molar-refractivity contribution in [2.45, 2.75) is 26.3 Å². The van der Waals surface area contributed by atoms with Crippen molar-refractivity contribution in [3.63, 3.8) is 0 Å². The summed E-state index contributed by atoms with van der Waals surface area (Å²) in [6.45, 7) is 3.06. The lowest BCUT2D eigenvalue weighted by atomic mass is 10.3. The Morgan fingerprint density at radius 1 is 1.52 bits per heavy atom. The minimum atomic E-state index is -0.301. The Hall–Kier alpha value is -2.64. The van der Waals surface area contributed by atoms with E-state index in [2.05, 4.69) is 20.4 Å². The second kappa shape index (κ2) is 6.69. The summed E-state index contributed by atoms with van der Waals surface area (Å²) in [7, 11) is 0. The summed E-state index contributed by atoms with van der Waals surface area (Å²) in [5, 5.41) is 6.86. The standard InChI is InChI=1S/C13H18N6O2/c1-2-7-19-9(3-6-16-19)13(21)15-5-4-11-17-10(14)8-12(20)18-11/h3,6,8H,2,4-5,7H2,1H3,(H,15,21)(H3,14,17,18,20). The number of carbonyl (C=O) groups is 1. The summed E-state index contributed by atoms with van der Waals surface area (Å²) in [4.78, 5) is 29.8. The summed E-state index contributed by atoms with van der Waals surface area (Å²) in [5.41, 5.74) is 5.71. The number of aromatic nitrogens is 4. The van der Waals surface area contributed by atoms with Crippen LogP contribution in [0.15, 0.2) is 23.1 Å². The predicted molar refractivity (Wildman–Crippen MR) is 77.8 cm³/mol. The van der Waals surface area contributed by atoms with E-state index in [0.29, 0.717) is 31.0 Å². The molecule has 2 heterocycles. The molecule has 0 saturated carbocycles. The average molecular weight is 290 g/mol. The van der Waals surface area contributed by atoms with Gasteiger partial charge in [0.05, 0.1) is 0 Å². The molecule has 0 fully saturated rings. The van der Waals surface area contributed by atoms with E-state index >= 15 is 0 Å². The zero-order valence-electron chi connectivity index (χ0n) is 11.8. The maximum absolute atomic E-state index is 12.0. The second-order valence-corrected chi connectivity index (χ2v) is 4.56. The average Bonchev–Trinajstić information content (AvgIpc) is 2.86. The number of nitrogens with zero attached hydrogens (tertiary/aromatic N) is 3. The van der Waals surface area contributed by atoms with Gasteiger partial charge in [-0.05, 0) is 12.5 Å². The van der Waals surface area contributed by atoms with Crippen LogP contribution in [0.4, 0.5) is 5.82 Å². The number of aryl methyl sites for hydroxylation is 1. The maximum atomic E-state index is 12.0. The number of H-pyrrole nitrogens is 1. The van der Waals surface area contributed by atoms with Crippen molar-refractivity contribution in [1.29, 1.82) is 0 Å². The molecule has 8 nitrogen and oxygen atoms in total. The molecule has 8 heteroatoms. The Morgan fingerprint density at radius 2 is 2.33 bits per heavy atom. The minimum absolute atomic E-state index is 0.168. The SMILES string of the molecule is CCCn1nccc1C(=O)NCCc1nc(N)cc(=O)[nH]1. The summed E-state index contributed by atoms with van der Waals surface area (Å²) < 4.78 is 1.66. The molecule has 2 aromatic heterocycles. The molecule has 0 atom stereocenters. The third-order valence-electron chi connectivity index (χ3n) is 2.84. The highest BCUT2D eigenvalue weighted by molar-refractivity contribution is 5.92. The molecule has 0 saturated heterocycles. The Morgan fingerprint density at radius 3 is 3.05 bits per heavy atom. The molecule has 0 aliphatic carbocycles. The molecule has 0 aliphatic rings. The smallest absolute Gasteiger partial charge is 0.269 e. The molecule has 0 aromatic carbocycles. The summed E-state index contributed by atoms with van der Waals surface area (Å²) in [5.74, 6) is 0.413. The van der Waals surface area contributed by atoms with Crippen molar-refractivity contribution in [3.05, 3.63) is 40.2 Å². The van der Waals surface area contributed by atoms with Crippen molar-refractivity contribution in [2.24, 2.45) is 0 Å². The molecule has 0 radical (unpaired) electrons. The lowest BCUT2D eigenvalue weighted by molar-refractivity contribution is 0.0943. The number of nitrogens with two attached hydrogens (primary N) is 1. The Kier molecular flexibility index (Phi) is 4.70. The highest BCUT2D eigenvalue weighted by Crippen LogP contribution is 2.00. The number of nitrogen functional groups attached to an aromatic ring is 1. The van der Waals surface area contributed by atoms with Crippen LogP contribution in [-0.4, -0.2) is 32.2 Å². The number of anilines is 1. The molecule has 0 aliphatic heterocycles. The van der Waals surface area contributed by atoms with Gasteiger partial charge in [0, 0.05) is 31.8 Å². The Bertz CT molecular complexity index is 675. The first-order valence-corrected chi connectivity index (χ1v) is 6.76. The van der Waals surface area contributed by atoms with Crippen LogP contribution in [0, 0.1) is 0 Å². The highest BCUT2D eigenvalue weighted by Gasteiger charge is 2.11. The minimum Gasteiger partial charge on any atom is -0.383 e. The van der Waals surface area contributed by atoms with Gasteiger partial charge in [0.2, 0.25) is 0 Å². The van der Waals surface area contributed by atoms with Gasteiger partial charge in [-0.1, -0.05) is 6.92 Å². The molecule has 4 N–H and O–H groups in total. The molecular weight excluding hydrogens is 272 g/mol. The van der Waals surface area contributed by atoms with Crippen molar-refractivity contribution in [2.75, 3.05) is 12.3 Å². The molecule has 0 spiro atoms. The zero-order valence-corrected chi connectivity index (χ0v) is 11.8. The normalized spacial score (nSPS) is 10.5. The van der Waals surface area contributed by atoms with Gasteiger partial charge >= 0.3 is 0 Å². The van der Waals surface area contributed by atoms with Crippen molar-refractivity contribution < 1.29 is 4.79 Å². The van der Waals surface area contributed by atoms with E-state index in [1.807, 2.05) is 6.92 Å². The molecule has 21 heavy (non-hydrogen) atoms. The largest absolute Gasteiger partial charge is 0.383 e. The van der Waals surface area contributed by atoms with E-state index in [1.165, 1.54) is 6.07 Å². The van der Waals surface area contributed by atoms with Gasteiger partial charge in [0.25, 0.3) is 11.5 Å². The predicted octanol–water partition coefficient (Wildman–Crippen LogP) is -0.0689. The summed E-state index contributed by atoms with van der Waals surface area (Å²) in [6.07, 6.45) is 2.89. The summed E-state index contributed by atoms with van der Waals surface area (Å²) in [6, 6.07) is 2.89. The van der Waals surface area contributed by atoms with Gasteiger partial charge in [-0.2, -0.15) is 5.10 Å². The van der Waals surface area contributed by atoms with E-state index in [1.54, 1.807) is 16.9 Å². The van der Waals surface area contributed by atoms with Crippen LogP contribution in [0.2, 0.25) is 0 Å². The number of rotatable bonds is 6. The number of carbonyl (C=O) groups excluding carboxylic acids is 1. The van der Waals surface area contributed by atoms with E-state index in [0.717, 1.165) is 6.42 Å². The number of hydrogen-bond donors (Lipinski definition) is 3. The molecule has 0 unspecified atom stereocenters. The Balaban J connectivity index is 1.92. The van der Waals surface area contributed by atoms with E-state index < -0.39 is 0 Å². The van der Waals surface area contributed by atoms with Crippen LogP contribution >= 0.6 is 0 Å². The monoisotopic (exact) mass is 290 g/mol. The number of hydrogen-bond acceptors (Lipinski definition) is 5. The lowest BCUT2D eigenvalue weighted by Crippen LogP contribution is -2.29. The lowest BCUT2D eigenvalue weighted by Gasteiger charge is -2.07. The first-order chi connectivity index (χ1) is 10.1. The van der Waals surface area contributed by atoms with Crippen LogP contribution < -0.4 is 16.6 Å². The zero-order chi connectivity index (χ0) is 15.2. The number of nitrogens with one attached hydrogen (secondary N) is 2. The van der Waals surface area contributed by atoms with Gasteiger partial charge in [-0.25, -0.2) is 4.98 Å². The fourth-order valence-corrected chi connectivity index (χ4v) is 1.95. The first-order valence-electron chi connectivity index (χ1n) is 6.76. The van der Waals surface area contributed by atoms with E-state index in [-0.39, 0.29) is 17.3 Å². The van der Waals surface area contributed by atoms with Crippen LogP contribution in [0.5, 0.6) is 0 Å². The number of amides is 1. The molecule has 2 rings (SSSR count). The fourth-order valence-electron chi connectivity index (χ4n) is 1.95. The van der Waals surface area contributed by atoms with Crippen molar-refractivity contribution in [1.82, 2.24) is 25.1 Å². The third-order valence-corrected chi connectivity index (χ3v) is 2.84. The third kappa shape index (κ3) is 3.91. The van der Waals surface area contributed by atoms with Crippen LogP contribution in [-0.2, 0) is 13.0 Å².